The number of carbonyl (C=O) groups excluding carboxylic acids is 1. The molecule has 0 aliphatic carbocycles. The van der Waals surface area contributed by atoms with E-state index in [0.717, 1.165) is 37.1 Å². The minimum absolute atomic E-state index is 0.0785. The van der Waals surface area contributed by atoms with Crippen molar-refractivity contribution in [3.8, 4) is 0 Å². The van der Waals surface area contributed by atoms with Crippen molar-refractivity contribution in [1.29, 1.82) is 0 Å². The quantitative estimate of drug-likeness (QED) is 0.669. The zero-order chi connectivity index (χ0) is 21.5. The third kappa shape index (κ3) is 3.95. The van der Waals surface area contributed by atoms with E-state index in [0.29, 0.717) is 11.7 Å². The van der Waals surface area contributed by atoms with Crippen LogP contribution in [0.1, 0.15) is 23.0 Å². The summed E-state index contributed by atoms with van der Waals surface area (Å²) in [5.74, 6) is 0.369. The molecule has 4 heterocycles. The maximum absolute atomic E-state index is 13.2. The molecule has 160 valence electrons. The van der Waals surface area contributed by atoms with Gasteiger partial charge in [-0.1, -0.05) is 6.92 Å². The maximum atomic E-state index is 13.2. The van der Waals surface area contributed by atoms with E-state index >= 15 is 0 Å². The van der Waals surface area contributed by atoms with Crippen LogP contribution in [0.15, 0.2) is 24.7 Å². The van der Waals surface area contributed by atoms with E-state index in [1.807, 2.05) is 6.07 Å². The normalized spacial score (nSPS) is 17.9. The van der Waals surface area contributed by atoms with Gasteiger partial charge in [-0.05, 0) is 18.5 Å². The first-order valence-corrected chi connectivity index (χ1v) is 9.44. The van der Waals surface area contributed by atoms with Gasteiger partial charge in [0.25, 0.3) is 5.91 Å². The molecule has 1 aliphatic rings. The molecule has 0 saturated carbocycles. The fraction of sp³-hybridized carbons (Fsp3) is 0.444. The van der Waals surface area contributed by atoms with Crippen LogP contribution < -0.4 is 15.5 Å². The summed E-state index contributed by atoms with van der Waals surface area (Å²) >= 11 is 0. The zero-order valence-electron chi connectivity index (χ0n) is 16.4. The highest BCUT2D eigenvalue weighted by Crippen LogP contribution is 2.33. The Bertz CT molecular complexity index is 1070. The van der Waals surface area contributed by atoms with Crippen LogP contribution in [-0.4, -0.2) is 56.5 Å². The number of hydrogen-bond acceptors (Lipinski definition) is 6. The van der Waals surface area contributed by atoms with E-state index in [9.17, 15) is 18.0 Å². The third-order valence-electron chi connectivity index (χ3n) is 4.85. The molecule has 0 spiro atoms. The predicted molar refractivity (Wildman–Crippen MR) is 103 cm³/mol. The molecule has 3 aromatic rings. The molecule has 4 rings (SSSR count). The van der Waals surface area contributed by atoms with Gasteiger partial charge in [-0.15, -0.1) is 0 Å². The van der Waals surface area contributed by atoms with Gasteiger partial charge >= 0.3 is 6.18 Å². The van der Waals surface area contributed by atoms with Gasteiger partial charge in [0.05, 0.1) is 11.9 Å². The molecule has 1 amide bonds. The number of amides is 1. The zero-order valence-corrected chi connectivity index (χ0v) is 16.4. The molecule has 1 aliphatic heterocycles. The average molecular weight is 422 g/mol. The number of alkyl halides is 3. The number of rotatable bonds is 3. The van der Waals surface area contributed by atoms with Crippen LogP contribution in [0.2, 0.25) is 0 Å². The van der Waals surface area contributed by atoms with E-state index in [2.05, 4.69) is 37.6 Å². The van der Waals surface area contributed by atoms with Gasteiger partial charge < -0.3 is 15.5 Å². The molecular formula is C18H21F3N8O. The summed E-state index contributed by atoms with van der Waals surface area (Å²) < 4.78 is 41.9. The number of halogens is 3. The minimum Gasteiger partial charge on any atom is -0.355 e. The van der Waals surface area contributed by atoms with Crippen molar-refractivity contribution in [2.75, 3.05) is 36.4 Å². The van der Waals surface area contributed by atoms with Gasteiger partial charge in [0.15, 0.2) is 11.3 Å². The number of fused-ring (bicyclic) bond motifs is 1. The van der Waals surface area contributed by atoms with Crippen molar-refractivity contribution < 1.29 is 18.0 Å². The number of aromatic nitrogens is 5. The Morgan fingerprint density at radius 2 is 2.17 bits per heavy atom. The number of aryl methyl sites for hydroxylation is 1. The van der Waals surface area contributed by atoms with E-state index in [1.165, 1.54) is 17.8 Å². The van der Waals surface area contributed by atoms with Gasteiger partial charge in [0, 0.05) is 39.1 Å². The van der Waals surface area contributed by atoms with Crippen molar-refractivity contribution in [2.45, 2.75) is 13.1 Å². The highest BCUT2D eigenvalue weighted by molar-refractivity contribution is 6.08. The molecule has 0 unspecified atom stereocenters. The van der Waals surface area contributed by atoms with Gasteiger partial charge in [-0.2, -0.15) is 23.4 Å². The van der Waals surface area contributed by atoms with Crippen molar-refractivity contribution in [2.24, 2.45) is 13.0 Å². The lowest BCUT2D eigenvalue weighted by Crippen LogP contribution is -2.30. The summed E-state index contributed by atoms with van der Waals surface area (Å²) in [6.45, 7) is 5.41. The number of anilines is 2. The summed E-state index contributed by atoms with van der Waals surface area (Å²) in [5, 5.41) is 13.1. The largest absolute Gasteiger partial charge is 0.437 e. The topological polar surface area (TPSA) is 92.4 Å². The minimum atomic E-state index is -4.69. The van der Waals surface area contributed by atoms with Crippen LogP contribution in [0.4, 0.5) is 24.7 Å². The van der Waals surface area contributed by atoms with Crippen LogP contribution in [0.5, 0.6) is 0 Å². The fourth-order valence-corrected chi connectivity index (χ4v) is 3.48. The van der Waals surface area contributed by atoms with E-state index in [4.69, 9.17) is 0 Å². The second-order valence-corrected chi connectivity index (χ2v) is 7.38. The lowest BCUT2D eigenvalue weighted by Gasteiger charge is -2.23. The molecule has 9 nitrogen and oxygen atoms in total. The average Bonchev–Trinajstić information content (AvgIpc) is 3.19. The van der Waals surface area contributed by atoms with Crippen LogP contribution in [0, 0.1) is 5.92 Å². The summed E-state index contributed by atoms with van der Waals surface area (Å²) in [4.78, 5) is 19.4. The lowest BCUT2D eigenvalue weighted by atomic mass is 10.2. The van der Waals surface area contributed by atoms with E-state index in [-0.39, 0.29) is 11.2 Å². The highest BCUT2D eigenvalue weighted by Gasteiger charge is 2.38. The standard InChI is InChI=1S/C18H21F3N8O/c1-11-7-22-4-6-28(9-11)14-3-5-29-16(25-14)12(8-23-29)17(30)24-13-10-27(2)26-15(13)18(19,20)21/h3,5,8,10-11,22H,4,6-7,9H2,1-2H3,(H,24,30)/t11-/m1/s1. The summed E-state index contributed by atoms with van der Waals surface area (Å²) in [5.41, 5.74) is -1.23. The first kappa shape index (κ1) is 20.1. The lowest BCUT2D eigenvalue weighted by molar-refractivity contribution is -0.140. The number of carbonyl (C=O) groups is 1. The van der Waals surface area contributed by atoms with E-state index < -0.39 is 23.5 Å². The van der Waals surface area contributed by atoms with E-state index in [1.54, 1.807) is 6.20 Å². The molecule has 0 bridgehead atoms. The number of nitrogens with zero attached hydrogens (tertiary/aromatic N) is 6. The van der Waals surface area contributed by atoms with Crippen LogP contribution in [0.25, 0.3) is 5.65 Å². The second kappa shape index (κ2) is 7.59. The molecule has 1 saturated heterocycles. The predicted octanol–water partition coefficient (Wildman–Crippen LogP) is 1.78. The molecule has 3 aromatic heterocycles. The Hall–Kier alpha value is -3.15. The fourth-order valence-electron chi connectivity index (χ4n) is 3.48. The number of nitrogens with one attached hydrogen (secondary N) is 2. The first-order valence-electron chi connectivity index (χ1n) is 9.44. The molecular weight excluding hydrogens is 401 g/mol. The Morgan fingerprint density at radius 3 is 2.93 bits per heavy atom. The molecule has 0 aromatic carbocycles. The first-order chi connectivity index (χ1) is 14.2. The highest BCUT2D eigenvalue weighted by atomic mass is 19.4. The van der Waals surface area contributed by atoms with Crippen LogP contribution >= 0.6 is 0 Å². The molecule has 30 heavy (non-hydrogen) atoms. The second-order valence-electron chi connectivity index (χ2n) is 7.38. The SMILES string of the molecule is C[C@@H]1CNCCN(c2ccn3ncc(C(=O)Nc4cn(C)nc4C(F)(F)F)c3n2)C1. The third-order valence-corrected chi connectivity index (χ3v) is 4.85. The van der Waals surface area contributed by atoms with Crippen molar-refractivity contribution in [3.05, 3.63) is 35.9 Å². The van der Waals surface area contributed by atoms with Gasteiger partial charge in [0.1, 0.15) is 11.4 Å². The molecule has 1 fully saturated rings. The molecule has 12 heteroatoms. The van der Waals surface area contributed by atoms with Crippen molar-refractivity contribution in [3.63, 3.8) is 0 Å². The Morgan fingerprint density at radius 1 is 1.37 bits per heavy atom. The maximum Gasteiger partial charge on any atom is 0.437 e. The molecule has 1 atom stereocenters. The Balaban J connectivity index is 1.64. The summed E-state index contributed by atoms with van der Waals surface area (Å²) in [6, 6.07) is 1.81. The molecule has 2 N–H and O–H groups in total. The van der Waals surface area contributed by atoms with Crippen LogP contribution in [-0.2, 0) is 13.2 Å². The van der Waals surface area contributed by atoms with Gasteiger partial charge in [-0.25, -0.2) is 9.50 Å². The number of hydrogen-bond donors (Lipinski definition) is 2. The molecule has 0 radical (unpaired) electrons. The van der Waals surface area contributed by atoms with Gasteiger partial charge in [0.2, 0.25) is 0 Å². The Kier molecular flexibility index (Phi) is 5.10. The van der Waals surface area contributed by atoms with Crippen molar-refractivity contribution >= 4 is 23.1 Å². The summed E-state index contributed by atoms with van der Waals surface area (Å²) in [6.07, 6.45) is -0.606. The van der Waals surface area contributed by atoms with Gasteiger partial charge in [-0.3, -0.25) is 9.48 Å². The monoisotopic (exact) mass is 422 g/mol. The Labute approximate surface area is 169 Å². The smallest absolute Gasteiger partial charge is 0.355 e. The van der Waals surface area contributed by atoms with Crippen LogP contribution in [0.3, 0.4) is 0 Å². The summed E-state index contributed by atoms with van der Waals surface area (Å²) in [7, 11) is 1.35. The van der Waals surface area contributed by atoms with Crippen molar-refractivity contribution in [1.82, 2.24) is 29.7 Å².